The number of fused-ring (bicyclic) bond motifs is 1. The van der Waals surface area contributed by atoms with E-state index < -0.39 is 11.1 Å². The quantitative estimate of drug-likeness (QED) is 0.713. The zero-order chi connectivity index (χ0) is 9.42. The number of hydrogen-bond acceptors (Lipinski definition) is 2. The first kappa shape index (κ1) is 8.19. The van der Waals surface area contributed by atoms with Gasteiger partial charge in [-0.3, -0.25) is 4.79 Å². The molecule has 66 valence electrons. The average molecular weight is 199 g/mol. The van der Waals surface area contributed by atoms with Crippen molar-refractivity contribution in [2.75, 3.05) is 0 Å². The molecule has 0 atom stereocenters. The zero-order valence-electron chi connectivity index (χ0n) is 6.34. The molecular weight excluding hydrogens is 195 g/mol. The lowest BCUT2D eigenvalue weighted by Crippen LogP contribution is -1.86. The summed E-state index contributed by atoms with van der Waals surface area (Å²) < 4.78 is 13.0. The van der Waals surface area contributed by atoms with Crippen molar-refractivity contribution in [2.24, 2.45) is 0 Å². The molecule has 0 spiro atoms. The molecular formula is C8H4ClFN2O. The summed E-state index contributed by atoms with van der Waals surface area (Å²) in [5.74, 6) is -0.426. The lowest BCUT2D eigenvalue weighted by Gasteiger charge is -1.87. The monoisotopic (exact) mass is 198 g/mol. The molecule has 0 aromatic carbocycles. The molecule has 0 aliphatic rings. The summed E-state index contributed by atoms with van der Waals surface area (Å²) in [5, 5.41) is -0.385. The van der Waals surface area contributed by atoms with Gasteiger partial charge in [0.25, 0.3) is 5.24 Å². The number of hydrogen-bond donors (Lipinski definition) is 1. The SMILES string of the molecule is O=C(Cl)c1cc2c(F)ccnc2[nH]1. The van der Waals surface area contributed by atoms with Gasteiger partial charge in [0.2, 0.25) is 0 Å². The van der Waals surface area contributed by atoms with E-state index in [0.717, 1.165) is 0 Å². The number of carbonyl (C=O) groups is 1. The normalized spacial score (nSPS) is 10.6. The van der Waals surface area contributed by atoms with Crippen LogP contribution >= 0.6 is 11.6 Å². The van der Waals surface area contributed by atoms with Crippen LogP contribution in [-0.2, 0) is 0 Å². The van der Waals surface area contributed by atoms with Gasteiger partial charge in [0.05, 0.1) is 5.39 Å². The first-order valence-electron chi connectivity index (χ1n) is 3.51. The fraction of sp³-hybridized carbons (Fsp3) is 0. The summed E-state index contributed by atoms with van der Waals surface area (Å²) in [7, 11) is 0. The second-order valence-corrected chi connectivity index (χ2v) is 2.86. The highest BCUT2D eigenvalue weighted by atomic mass is 35.5. The Morgan fingerprint density at radius 1 is 1.62 bits per heavy atom. The van der Waals surface area contributed by atoms with E-state index in [1.165, 1.54) is 18.3 Å². The van der Waals surface area contributed by atoms with Crippen LogP contribution in [-0.4, -0.2) is 15.2 Å². The molecule has 0 bridgehead atoms. The molecule has 2 rings (SSSR count). The van der Waals surface area contributed by atoms with E-state index in [9.17, 15) is 9.18 Å². The number of halogens is 2. The summed E-state index contributed by atoms with van der Waals surface area (Å²) >= 11 is 5.21. The van der Waals surface area contributed by atoms with Crippen LogP contribution in [0.2, 0.25) is 0 Å². The highest BCUT2D eigenvalue weighted by molar-refractivity contribution is 6.67. The van der Waals surface area contributed by atoms with Crippen molar-refractivity contribution in [2.45, 2.75) is 0 Å². The van der Waals surface area contributed by atoms with Crippen LogP contribution in [0.15, 0.2) is 18.3 Å². The largest absolute Gasteiger partial charge is 0.336 e. The third-order valence-electron chi connectivity index (χ3n) is 1.69. The standard InChI is InChI=1S/C8H4ClFN2O/c9-7(13)6-3-4-5(10)1-2-11-8(4)12-6/h1-3H,(H,11,12). The predicted molar refractivity (Wildman–Crippen MR) is 46.2 cm³/mol. The molecule has 0 radical (unpaired) electrons. The second kappa shape index (κ2) is 2.81. The number of nitrogens with one attached hydrogen (secondary N) is 1. The van der Waals surface area contributed by atoms with Gasteiger partial charge in [-0.2, -0.15) is 0 Å². The molecule has 0 aliphatic heterocycles. The van der Waals surface area contributed by atoms with E-state index in [-0.39, 0.29) is 11.1 Å². The Kier molecular flexibility index (Phi) is 1.77. The van der Waals surface area contributed by atoms with E-state index in [1.807, 2.05) is 0 Å². The van der Waals surface area contributed by atoms with Crippen molar-refractivity contribution in [3.05, 3.63) is 29.8 Å². The Labute approximate surface area is 77.5 Å². The molecule has 0 amide bonds. The summed E-state index contributed by atoms with van der Waals surface area (Å²) in [6.45, 7) is 0. The smallest absolute Gasteiger partial charge is 0.268 e. The molecule has 0 saturated heterocycles. The Morgan fingerprint density at radius 3 is 3.00 bits per heavy atom. The van der Waals surface area contributed by atoms with Gasteiger partial charge >= 0.3 is 0 Å². The number of aromatic amines is 1. The summed E-state index contributed by atoms with van der Waals surface area (Å²) in [6.07, 6.45) is 1.32. The van der Waals surface area contributed by atoms with Crippen LogP contribution in [0.3, 0.4) is 0 Å². The molecule has 0 unspecified atom stereocenters. The minimum absolute atomic E-state index is 0.147. The van der Waals surface area contributed by atoms with Gasteiger partial charge in [0, 0.05) is 6.20 Å². The first-order valence-corrected chi connectivity index (χ1v) is 3.89. The minimum atomic E-state index is -0.655. The summed E-state index contributed by atoms with van der Waals surface area (Å²) in [5.41, 5.74) is 0.471. The van der Waals surface area contributed by atoms with E-state index in [1.54, 1.807) is 0 Å². The highest BCUT2D eigenvalue weighted by Crippen LogP contribution is 2.17. The Bertz CT molecular complexity index is 480. The van der Waals surface area contributed by atoms with Crippen LogP contribution in [0.5, 0.6) is 0 Å². The topological polar surface area (TPSA) is 45.8 Å². The van der Waals surface area contributed by atoms with Crippen molar-refractivity contribution in [3.8, 4) is 0 Å². The van der Waals surface area contributed by atoms with E-state index >= 15 is 0 Å². The number of aromatic nitrogens is 2. The first-order chi connectivity index (χ1) is 6.18. The molecule has 0 fully saturated rings. The van der Waals surface area contributed by atoms with Gasteiger partial charge in [-0.1, -0.05) is 0 Å². The third-order valence-corrected chi connectivity index (χ3v) is 1.89. The van der Waals surface area contributed by atoms with Crippen LogP contribution in [0, 0.1) is 5.82 Å². The van der Waals surface area contributed by atoms with Crippen LogP contribution in [0.25, 0.3) is 11.0 Å². The van der Waals surface area contributed by atoms with Gasteiger partial charge in [0.15, 0.2) is 0 Å². The average Bonchev–Trinajstić information content (AvgIpc) is 2.49. The summed E-state index contributed by atoms with van der Waals surface area (Å²) in [4.78, 5) is 17.2. The van der Waals surface area contributed by atoms with Crippen LogP contribution in [0.4, 0.5) is 4.39 Å². The Hall–Kier alpha value is -1.42. The fourth-order valence-corrected chi connectivity index (χ4v) is 1.20. The fourth-order valence-electron chi connectivity index (χ4n) is 1.10. The summed E-state index contributed by atoms with van der Waals surface area (Å²) in [6, 6.07) is 2.56. The molecule has 0 aliphatic carbocycles. The van der Waals surface area contributed by atoms with E-state index in [2.05, 4.69) is 9.97 Å². The maximum absolute atomic E-state index is 13.0. The molecule has 2 aromatic heterocycles. The lowest BCUT2D eigenvalue weighted by atomic mass is 10.3. The number of pyridine rings is 1. The number of carbonyl (C=O) groups excluding carboxylic acids is 1. The zero-order valence-corrected chi connectivity index (χ0v) is 7.10. The molecule has 0 saturated carbocycles. The van der Waals surface area contributed by atoms with Gasteiger partial charge in [-0.25, -0.2) is 9.37 Å². The van der Waals surface area contributed by atoms with Crippen molar-refractivity contribution < 1.29 is 9.18 Å². The maximum atomic E-state index is 13.0. The number of nitrogens with zero attached hydrogens (tertiary/aromatic N) is 1. The molecule has 2 aromatic rings. The predicted octanol–water partition coefficient (Wildman–Crippen LogP) is 2.08. The highest BCUT2D eigenvalue weighted by Gasteiger charge is 2.09. The second-order valence-electron chi connectivity index (χ2n) is 2.51. The Balaban J connectivity index is 2.75. The number of H-pyrrole nitrogens is 1. The van der Waals surface area contributed by atoms with Gasteiger partial charge in [0.1, 0.15) is 17.2 Å². The third kappa shape index (κ3) is 1.29. The maximum Gasteiger partial charge on any atom is 0.268 e. The lowest BCUT2D eigenvalue weighted by molar-refractivity contribution is 0.107. The van der Waals surface area contributed by atoms with E-state index in [0.29, 0.717) is 5.65 Å². The van der Waals surface area contributed by atoms with E-state index in [4.69, 9.17) is 11.6 Å². The van der Waals surface area contributed by atoms with Gasteiger partial charge < -0.3 is 4.98 Å². The van der Waals surface area contributed by atoms with Crippen molar-refractivity contribution >= 4 is 27.9 Å². The molecule has 3 nitrogen and oxygen atoms in total. The van der Waals surface area contributed by atoms with Gasteiger partial charge in [-0.15, -0.1) is 0 Å². The Morgan fingerprint density at radius 2 is 2.38 bits per heavy atom. The molecule has 2 heterocycles. The number of rotatable bonds is 1. The van der Waals surface area contributed by atoms with Gasteiger partial charge in [-0.05, 0) is 23.7 Å². The van der Waals surface area contributed by atoms with Crippen molar-refractivity contribution in [3.63, 3.8) is 0 Å². The van der Waals surface area contributed by atoms with Crippen LogP contribution < -0.4 is 0 Å². The molecule has 1 N–H and O–H groups in total. The van der Waals surface area contributed by atoms with Crippen molar-refractivity contribution in [1.82, 2.24) is 9.97 Å². The minimum Gasteiger partial charge on any atom is -0.336 e. The van der Waals surface area contributed by atoms with Crippen molar-refractivity contribution in [1.29, 1.82) is 0 Å². The molecule has 13 heavy (non-hydrogen) atoms. The van der Waals surface area contributed by atoms with Crippen LogP contribution in [0.1, 0.15) is 10.5 Å². The molecule has 5 heteroatoms.